The maximum atomic E-state index is 12.5. The van der Waals surface area contributed by atoms with Crippen LogP contribution in [0.15, 0.2) is 59.5 Å². The van der Waals surface area contributed by atoms with Gasteiger partial charge in [-0.2, -0.15) is 5.10 Å². The van der Waals surface area contributed by atoms with Crippen LogP contribution >= 0.6 is 0 Å². The summed E-state index contributed by atoms with van der Waals surface area (Å²) in [5.41, 5.74) is 2.53. The molecule has 0 saturated carbocycles. The Morgan fingerprint density at radius 1 is 1.14 bits per heavy atom. The predicted molar refractivity (Wildman–Crippen MR) is 109 cm³/mol. The van der Waals surface area contributed by atoms with Gasteiger partial charge in [0.1, 0.15) is 6.54 Å². The van der Waals surface area contributed by atoms with Gasteiger partial charge in [-0.3, -0.25) is 14.5 Å². The molecule has 144 valence electrons. The molecule has 0 spiro atoms. The molecule has 1 aliphatic rings. The highest BCUT2D eigenvalue weighted by Crippen LogP contribution is 2.18. The number of hydrogen-bond donors (Lipinski definition) is 1. The molecule has 1 N–H and O–H groups in total. The van der Waals surface area contributed by atoms with Crippen molar-refractivity contribution in [3.05, 3.63) is 76.2 Å². The van der Waals surface area contributed by atoms with E-state index in [0.717, 1.165) is 31.4 Å². The third kappa shape index (κ3) is 3.97. The summed E-state index contributed by atoms with van der Waals surface area (Å²) in [6, 6.07) is 15.8. The number of benzene rings is 2. The first-order valence-corrected chi connectivity index (χ1v) is 9.63. The Morgan fingerprint density at radius 2 is 1.89 bits per heavy atom. The maximum absolute atomic E-state index is 12.5. The summed E-state index contributed by atoms with van der Waals surface area (Å²) >= 11 is 0. The fourth-order valence-corrected chi connectivity index (χ4v) is 3.84. The van der Waals surface area contributed by atoms with E-state index < -0.39 is 0 Å². The normalized spacial score (nSPS) is 15.2. The summed E-state index contributed by atoms with van der Waals surface area (Å²) in [6.07, 6.45) is 2.66. The first kappa shape index (κ1) is 18.4. The van der Waals surface area contributed by atoms with Crippen molar-refractivity contribution in [2.45, 2.75) is 32.5 Å². The molecule has 0 aliphatic carbocycles. The minimum Gasteiger partial charge on any atom is -0.351 e. The number of carbonyl (C=O) groups is 1. The van der Waals surface area contributed by atoms with E-state index in [-0.39, 0.29) is 24.1 Å². The van der Waals surface area contributed by atoms with Gasteiger partial charge in [0.05, 0.1) is 11.6 Å². The molecule has 3 aromatic rings. The molecule has 1 aromatic heterocycles. The molecule has 6 nitrogen and oxygen atoms in total. The van der Waals surface area contributed by atoms with E-state index >= 15 is 0 Å². The molecule has 0 saturated heterocycles. The number of rotatable bonds is 5. The van der Waals surface area contributed by atoms with Crippen molar-refractivity contribution >= 4 is 16.7 Å². The Bertz CT molecular complexity index is 1060. The fraction of sp³-hybridized carbons (Fsp3) is 0.318. The lowest BCUT2D eigenvalue weighted by molar-refractivity contribution is -0.122. The van der Waals surface area contributed by atoms with Crippen molar-refractivity contribution in [1.29, 1.82) is 0 Å². The summed E-state index contributed by atoms with van der Waals surface area (Å²) in [7, 11) is 0. The summed E-state index contributed by atoms with van der Waals surface area (Å²) in [4.78, 5) is 27.3. The largest absolute Gasteiger partial charge is 0.351 e. The molecule has 1 amide bonds. The summed E-state index contributed by atoms with van der Waals surface area (Å²) in [6.45, 7) is 4.59. The minimum atomic E-state index is -0.242. The number of nitrogens with zero attached hydrogens (tertiary/aromatic N) is 3. The van der Waals surface area contributed by atoms with Crippen molar-refractivity contribution in [2.24, 2.45) is 0 Å². The second-order valence-electron chi connectivity index (χ2n) is 7.42. The molecule has 1 atom stereocenters. The molecule has 4 rings (SSSR count). The average molecular weight is 376 g/mol. The fourth-order valence-electron chi connectivity index (χ4n) is 3.84. The zero-order valence-electron chi connectivity index (χ0n) is 16.0. The molecule has 0 radical (unpaired) electrons. The molecular formula is C22H24N4O2. The van der Waals surface area contributed by atoms with Crippen molar-refractivity contribution in [3.8, 4) is 0 Å². The van der Waals surface area contributed by atoms with E-state index in [1.807, 2.05) is 25.1 Å². The summed E-state index contributed by atoms with van der Waals surface area (Å²) < 4.78 is 1.22. The van der Waals surface area contributed by atoms with Gasteiger partial charge in [0.25, 0.3) is 5.56 Å². The Hall–Kier alpha value is -2.99. The van der Waals surface area contributed by atoms with Crippen LogP contribution in [0, 0.1) is 0 Å². The molecule has 0 unspecified atom stereocenters. The van der Waals surface area contributed by atoms with E-state index in [4.69, 9.17) is 0 Å². The minimum absolute atomic E-state index is 0.00563. The van der Waals surface area contributed by atoms with E-state index in [9.17, 15) is 9.59 Å². The first-order chi connectivity index (χ1) is 13.6. The number of aromatic nitrogens is 2. The number of nitrogens with one attached hydrogen (secondary N) is 1. The molecule has 2 aromatic carbocycles. The summed E-state index contributed by atoms with van der Waals surface area (Å²) in [5, 5.41) is 8.48. The molecule has 0 bridgehead atoms. The van der Waals surface area contributed by atoms with Crippen LogP contribution < -0.4 is 10.9 Å². The number of hydrogen-bond acceptors (Lipinski definition) is 4. The highest BCUT2D eigenvalue weighted by molar-refractivity contribution is 5.81. The van der Waals surface area contributed by atoms with Gasteiger partial charge in [0.15, 0.2) is 0 Å². The van der Waals surface area contributed by atoms with Crippen LogP contribution in [0.5, 0.6) is 0 Å². The lowest BCUT2D eigenvalue weighted by Crippen LogP contribution is -2.45. The molecule has 6 heteroatoms. The molecule has 1 aliphatic heterocycles. The SMILES string of the molecule is C[C@H](CN1CCc2ccccc2C1)NC(=O)Cn1ncc2ccccc2c1=O. The lowest BCUT2D eigenvalue weighted by Gasteiger charge is -2.31. The van der Waals surface area contributed by atoms with Crippen LogP contribution in [-0.2, 0) is 24.3 Å². The van der Waals surface area contributed by atoms with Crippen molar-refractivity contribution in [2.75, 3.05) is 13.1 Å². The predicted octanol–water partition coefficient (Wildman–Crippen LogP) is 1.96. The number of fused-ring (bicyclic) bond motifs is 2. The topological polar surface area (TPSA) is 67.2 Å². The Kier molecular flexibility index (Phi) is 5.21. The van der Waals surface area contributed by atoms with Crippen molar-refractivity contribution in [3.63, 3.8) is 0 Å². The zero-order valence-corrected chi connectivity index (χ0v) is 16.0. The van der Waals surface area contributed by atoms with Crippen LogP contribution in [0.2, 0.25) is 0 Å². The van der Waals surface area contributed by atoms with Gasteiger partial charge >= 0.3 is 0 Å². The first-order valence-electron chi connectivity index (χ1n) is 9.63. The Labute approximate surface area is 163 Å². The van der Waals surface area contributed by atoms with E-state index in [0.29, 0.717) is 5.39 Å². The van der Waals surface area contributed by atoms with Crippen LogP contribution in [0.1, 0.15) is 18.1 Å². The van der Waals surface area contributed by atoms with E-state index in [1.165, 1.54) is 15.8 Å². The standard InChI is InChI=1S/C22H24N4O2/c1-16(13-25-11-10-17-6-2-3-8-19(17)14-25)24-21(27)15-26-22(28)20-9-5-4-7-18(20)12-23-26/h2-9,12,16H,10-11,13-15H2,1H3,(H,24,27)/t16-/m1/s1. The van der Waals surface area contributed by atoms with Gasteiger partial charge in [-0.1, -0.05) is 42.5 Å². The van der Waals surface area contributed by atoms with Gasteiger partial charge in [-0.15, -0.1) is 0 Å². The number of carbonyl (C=O) groups excluding carboxylic acids is 1. The molecule has 2 heterocycles. The Morgan fingerprint density at radius 3 is 2.75 bits per heavy atom. The van der Waals surface area contributed by atoms with Crippen LogP contribution in [0.25, 0.3) is 10.8 Å². The molecular weight excluding hydrogens is 352 g/mol. The van der Waals surface area contributed by atoms with Crippen LogP contribution in [0.3, 0.4) is 0 Å². The van der Waals surface area contributed by atoms with Gasteiger partial charge < -0.3 is 5.32 Å². The molecule has 0 fully saturated rings. The average Bonchev–Trinajstić information content (AvgIpc) is 2.70. The van der Waals surface area contributed by atoms with Crippen LogP contribution in [0.4, 0.5) is 0 Å². The van der Waals surface area contributed by atoms with Crippen LogP contribution in [-0.4, -0.2) is 39.7 Å². The molecule has 28 heavy (non-hydrogen) atoms. The zero-order chi connectivity index (χ0) is 19.5. The quantitative estimate of drug-likeness (QED) is 0.739. The smallest absolute Gasteiger partial charge is 0.275 e. The van der Waals surface area contributed by atoms with Gasteiger partial charge in [0, 0.05) is 31.1 Å². The lowest BCUT2D eigenvalue weighted by atomic mass is 10.00. The maximum Gasteiger partial charge on any atom is 0.275 e. The van der Waals surface area contributed by atoms with E-state index in [2.05, 4.69) is 39.6 Å². The third-order valence-corrected chi connectivity index (χ3v) is 5.20. The van der Waals surface area contributed by atoms with E-state index in [1.54, 1.807) is 12.3 Å². The highest BCUT2D eigenvalue weighted by Gasteiger charge is 2.19. The van der Waals surface area contributed by atoms with Gasteiger partial charge in [-0.05, 0) is 30.5 Å². The summed E-state index contributed by atoms with van der Waals surface area (Å²) in [5.74, 6) is -0.199. The van der Waals surface area contributed by atoms with Gasteiger partial charge in [-0.25, -0.2) is 4.68 Å². The monoisotopic (exact) mass is 376 g/mol. The highest BCUT2D eigenvalue weighted by atomic mass is 16.2. The second-order valence-corrected chi connectivity index (χ2v) is 7.42. The number of amides is 1. The third-order valence-electron chi connectivity index (χ3n) is 5.20. The second kappa shape index (κ2) is 7.94. The van der Waals surface area contributed by atoms with Crippen molar-refractivity contribution in [1.82, 2.24) is 20.0 Å². The Balaban J connectivity index is 1.35. The van der Waals surface area contributed by atoms with Crippen molar-refractivity contribution < 1.29 is 4.79 Å². The van der Waals surface area contributed by atoms with Gasteiger partial charge in [0.2, 0.25) is 5.91 Å².